The van der Waals surface area contributed by atoms with E-state index in [4.69, 9.17) is 11.6 Å². The Balaban J connectivity index is 1.78. The molecule has 138 valence electrons. The average molecular weight is 370 g/mol. The highest BCUT2D eigenvalue weighted by molar-refractivity contribution is 6.33. The van der Waals surface area contributed by atoms with Gasteiger partial charge in [0.1, 0.15) is 5.82 Å². The number of benzene rings is 1. The largest absolute Gasteiger partial charge is 0.352 e. The van der Waals surface area contributed by atoms with Gasteiger partial charge in [0.05, 0.1) is 10.6 Å². The molecule has 0 radical (unpaired) electrons. The van der Waals surface area contributed by atoms with Crippen molar-refractivity contribution in [3.8, 4) is 0 Å². The number of carbonyl (C=O) groups excluding carboxylic acids is 2. The Labute approximate surface area is 152 Å². The fourth-order valence-electron chi connectivity index (χ4n) is 2.75. The molecule has 0 spiro atoms. The lowest BCUT2D eigenvalue weighted by molar-refractivity contribution is 0.0937. The molecule has 1 aromatic rings. The SMILES string of the molecule is CC(C)(C)NC(=O)N1CCC(CNC(=O)c2ccc(F)cc2Cl)CC1. The third-order valence-electron chi connectivity index (χ3n) is 4.11. The fraction of sp³-hybridized carbons (Fsp3) is 0.556. The Morgan fingerprint density at radius 1 is 1.28 bits per heavy atom. The van der Waals surface area contributed by atoms with Gasteiger partial charge in [-0.15, -0.1) is 0 Å². The second-order valence-corrected chi connectivity index (χ2v) is 7.85. The summed E-state index contributed by atoms with van der Waals surface area (Å²) in [5, 5.41) is 5.91. The first-order valence-corrected chi connectivity index (χ1v) is 8.84. The van der Waals surface area contributed by atoms with E-state index in [2.05, 4.69) is 10.6 Å². The summed E-state index contributed by atoms with van der Waals surface area (Å²) in [4.78, 5) is 26.1. The van der Waals surface area contributed by atoms with E-state index < -0.39 is 5.82 Å². The van der Waals surface area contributed by atoms with Gasteiger partial charge < -0.3 is 15.5 Å². The van der Waals surface area contributed by atoms with Crippen LogP contribution >= 0.6 is 11.6 Å². The number of urea groups is 1. The van der Waals surface area contributed by atoms with Gasteiger partial charge >= 0.3 is 6.03 Å². The molecule has 3 amide bonds. The molecule has 1 heterocycles. The molecule has 5 nitrogen and oxygen atoms in total. The van der Waals surface area contributed by atoms with Crippen LogP contribution in [-0.2, 0) is 0 Å². The van der Waals surface area contributed by atoms with Gasteiger partial charge in [0.15, 0.2) is 0 Å². The Kier molecular flexibility index (Phi) is 6.27. The minimum Gasteiger partial charge on any atom is -0.352 e. The molecule has 0 aliphatic carbocycles. The third kappa shape index (κ3) is 5.88. The number of rotatable bonds is 3. The molecule has 1 fully saturated rings. The standard InChI is InChI=1S/C18H25ClFN3O2/c1-18(2,3)22-17(25)23-8-6-12(7-9-23)11-21-16(24)14-5-4-13(20)10-15(14)19/h4-5,10,12H,6-9,11H2,1-3H3,(H,21,24)(H,22,25). The Hall–Kier alpha value is -1.82. The van der Waals surface area contributed by atoms with E-state index in [-0.39, 0.29) is 28.1 Å². The summed E-state index contributed by atoms with van der Waals surface area (Å²) in [6.07, 6.45) is 1.66. The second-order valence-electron chi connectivity index (χ2n) is 7.44. The van der Waals surface area contributed by atoms with E-state index in [0.29, 0.717) is 25.6 Å². The van der Waals surface area contributed by atoms with E-state index in [1.807, 2.05) is 20.8 Å². The van der Waals surface area contributed by atoms with Crippen LogP contribution in [0.3, 0.4) is 0 Å². The smallest absolute Gasteiger partial charge is 0.317 e. The van der Waals surface area contributed by atoms with Crippen LogP contribution in [0.25, 0.3) is 0 Å². The average Bonchev–Trinajstić information content (AvgIpc) is 2.51. The second kappa shape index (κ2) is 8.04. The minimum absolute atomic E-state index is 0.0481. The number of hydrogen-bond donors (Lipinski definition) is 2. The van der Waals surface area contributed by atoms with Gasteiger partial charge in [-0.3, -0.25) is 4.79 Å². The summed E-state index contributed by atoms with van der Waals surface area (Å²) in [6.45, 7) is 7.70. The first-order valence-electron chi connectivity index (χ1n) is 8.46. The van der Waals surface area contributed by atoms with Crippen LogP contribution in [-0.4, -0.2) is 42.0 Å². The lowest BCUT2D eigenvalue weighted by Gasteiger charge is -2.34. The van der Waals surface area contributed by atoms with Crippen LogP contribution in [0.15, 0.2) is 18.2 Å². The van der Waals surface area contributed by atoms with Gasteiger partial charge in [0.2, 0.25) is 0 Å². The molecule has 0 bridgehead atoms. The summed E-state index contributed by atoms with van der Waals surface area (Å²) in [5.74, 6) is -0.470. The summed E-state index contributed by atoms with van der Waals surface area (Å²) < 4.78 is 13.0. The molecular weight excluding hydrogens is 345 g/mol. The van der Waals surface area contributed by atoms with Crippen molar-refractivity contribution in [3.63, 3.8) is 0 Å². The summed E-state index contributed by atoms with van der Waals surface area (Å²) in [6, 6.07) is 3.68. The van der Waals surface area contributed by atoms with Gasteiger partial charge in [0.25, 0.3) is 5.91 Å². The molecule has 0 atom stereocenters. The highest BCUT2D eigenvalue weighted by Gasteiger charge is 2.25. The predicted molar refractivity (Wildman–Crippen MR) is 96.3 cm³/mol. The highest BCUT2D eigenvalue weighted by Crippen LogP contribution is 2.19. The summed E-state index contributed by atoms with van der Waals surface area (Å²) in [5.41, 5.74) is 0.0149. The zero-order chi connectivity index (χ0) is 18.6. The monoisotopic (exact) mass is 369 g/mol. The van der Waals surface area contributed by atoms with Crippen molar-refractivity contribution >= 4 is 23.5 Å². The van der Waals surface area contributed by atoms with Crippen LogP contribution in [0.2, 0.25) is 5.02 Å². The van der Waals surface area contributed by atoms with E-state index in [9.17, 15) is 14.0 Å². The number of piperidine rings is 1. The summed E-state index contributed by atoms with van der Waals surface area (Å²) in [7, 11) is 0. The third-order valence-corrected chi connectivity index (χ3v) is 4.42. The Morgan fingerprint density at radius 2 is 1.92 bits per heavy atom. The maximum atomic E-state index is 13.0. The van der Waals surface area contributed by atoms with Crippen molar-refractivity contribution in [3.05, 3.63) is 34.6 Å². The molecule has 2 rings (SSSR count). The zero-order valence-corrected chi connectivity index (χ0v) is 15.6. The Morgan fingerprint density at radius 3 is 2.48 bits per heavy atom. The van der Waals surface area contributed by atoms with Crippen molar-refractivity contribution in [1.82, 2.24) is 15.5 Å². The number of nitrogens with one attached hydrogen (secondary N) is 2. The van der Waals surface area contributed by atoms with Gasteiger partial charge in [-0.25, -0.2) is 9.18 Å². The van der Waals surface area contributed by atoms with Crippen LogP contribution in [0.1, 0.15) is 44.0 Å². The molecule has 1 aliphatic rings. The number of likely N-dealkylation sites (tertiary alicyclic amines) is 1. The van der Waals surface area contributed by atoms with Crippen LogP contribution in [0.4, 0.5) is 9.18 Å². The van der Waals surface area contributed by atoms with Gasteiger partial charge in [-0.2, -0.15) is 0 Å². The number of nitrogens with zero attached hydrogens (tertiary/aromatic N) is 1. The first kappa shape index (κ1) is 19.5. The van der Waals surface area contributed by atoms with Crippen LogP contribution in [0.5, 0.6) is 0 Å². The normalized spacial score (nSPS) is 15.8. The molecule has 7 heteroatoms. The molecule has 2 N–H and O–H groups in total. The van der Waals surface area contributed by atoms with Gasteiger partial charge in [-0.05, 0) is 57.7 Å². The summed E-state index contributed by atoms with van der Waals surface area (Å²) >= 11 is 5.90. The van der Waals surface area contributed by atoms with Crippen molar-refractivity contribution < 1.29 is 14.0 Å². The highest BCUT2D eigenvalue weighted by atomic mass is 35.5. The molecule has 25 heavy (non-hydrogen) atoms. The minimum atomic E-state index is -0.470. The molecule has 0 aromatic heterocycles. The van der Waals surface area contributed by atoms with E-state index in [1.54, 1.807) is 4.90 Å². The number of carbonyl (C=O) groups is 2. The molecule has 1 saturated heterocycles. The van der Waals surface area contributed by atoms with E-state index >= 15 is 0 Å². The first-order chi connectivity index (χ1) is 11.7. The maximum Gasteiger partial charge on any atom is 0.317 e. The lowest BCUT2D eigenvalue weighted by Crippen LogP contribution is -2.51. The number of hydrogen-bond acceptors (Lipinski definition) is 2. The van der Waals surface area contributed by atoms with E-state index in [0.717, 1.165) is 18.9 Å². The quantitative estimate of drug-likeness (QED) is 0.857. The maximum absolute atomic E-state index is 13.0. The van der Waals surface area contributed by atoms with Crippen LogP contribution in [0, 0.1) is 11.7 Å². The Bertz CT molecular complexity index is 638. The molecule has 1 aromatic carbocycles. The van der Waals surface area contributed by atoms with Crippen molar-refractivity contribution in [1.29, 1.82) is 0 Å². The number of halogens is 2. The molecule has 0 saturated carbocycles. The molecular formula is C18H25ClFN3O2. The van der Waals surface area contributed by atoms with Gasteiger partial charge in [-0.1, -0.05) is 11.6 Å². The molecule has 1 aliphatic heterocycles. The van der Waals surface area contributed by atoms with Gasteiger partial charge in [0, 0.05) is 25.2 Å². The van der Waals surface area contributed by atoms with E-state index in [1.165, 1.54) is 12.1 Å². The molecule has 0 unspecified atom stereocenters. The van der Waals surface area contributed by atoms with Crippen LogP contribution < -0.4 is 10.6 Å². The van der Waals surface area contributed by atoms with Crippen molar-refractivity contribution in [2.45, 2.75) is 39.2 Å². The zero-order valence-electron chi connectivity index (χ0n) is 14.9. The topological polar surface area (TPSA) is 61.4 Å². The van der Waals surface area contributed by atoms with Crippen molar-refractivity contribution in [2.75, 3.05) is 19.6 Å². The fourth-order valence-corrected chi connectivity index (χ4v) is 3.00. The lowest BCUT2D eigenvalue weighted by atomic mass is 9.96. The predicted octanol–water partition coefficient (Wildman–Crippen LogP) is 3.43. The number of amides is 3. The van der Waals surface area contributed by atoms with Crippen molar-refractivity contribution in [2.24, 2.45) is 5.92 Å².